The van der Waals surface area contributed by atoms with Gasteiger partial charge in [-0.1, -0.05) is 17.7 Å². The van der Waals surface area contributed by atoms with Gasteiger partial charge in [-0.05, 0) is 19.1 Å². The Labute approximate surface area is 93.6 Å². The molecule has 0 bridgehead atoms. The maximum Gasteiger partial charge on any atom is 0.344 e. The van der Waals surface area contributed by atoms with Crippen LogP contribution in [0.2, 0.25) is 0 Å². The first-order valence-electron chi connectivity index (χ1n) is 4.23. The number of rotatable bonds is 5. The van der Waals surface area contributed by atoms with Crippen LogP contribution in [0.15, 0.2) is 29.2 Å². The number of aryl methyl sites for hydroxylation is 1. The van der Waals surface area contributed by atoms with Gasteiger partial charge in [-0.3, -0.25) is 4.57 Å². The van der Waals surface area contributed by atoms with E-state index in [0.29, 0.717) is 0 Å². The maximum absolute atomic E-state index is 11.5. The van der Waals surface area contributed by atoms with Gasteiger partial charge in [0.05, 0.1) is 4.90 Å². The van der Waals surface area contributed by atoms with Gasteiger partial charge in [-0.15, -0.1) is 0 Å². The van der Waals surface area contributed by atoms with Crippen molar-refractivity contribution in [2.75, 3.05) is 5.94 Å². The second kappa shape index (κ2) is 5.56. The van der Waals surface area contributed by atoms with Crippen molar-refractivity contribution < 1.29 is 27.4 Å². The van der Waals surface area contributed by atoms with Gasteiger partial charge in [-0.25, -0.2) is 13.3 Å². The smallest absolute Gasteiger partial charge is 0.325 e. The highest BCUT2D eigenvalue weighted by molar-refractivity contribution is 7.91. The molecule has 0 aliphatic rings. The summed E-state index contributed by atoms with van der Waals surface area (Å²) in [6, 6.07) is 6.14. The van der Waals surface area contributed by atoms with Crippen LogP contribution in [0.1, 0.15) is 5.56 Å². The average molecular weight is 266 g/mol. The van der Waals surface area contributed by atoms with Crippen LogP contribution >= 0.6 is 8.25 Å². The highest BCUT2D eigenvalue weighted by Crippen LogP contribution is 2.17. The van der Waals surface area contributed by atoms with Crippen LogP contribution in [0.4, 0.5) is 0 Å². The van der Waals surface area contributed by atoms with Crippen LogP contribution < -0.4 is 0 Å². The fourth-order valence-electron chi connectivity index (χ4n) is 0.951. The third-order valence-corrected chi connectivity index (χ3v) is 3.37. The van der Waals surface area contributed by atoms with Gasteiger partial charge in [0.2, 0.25) is 9.84 Å². The summed E-state index contributed by atoms with van der Waals surface area (Å²) in [6.45, 7) is 1.83. The molecule has 8 heteroatoms. The number of hydrogen-bond acceptors (Lipinski definition) is 5. The molecular formula is C8H11O6PS. The SMILES string of the molecule is Cc1ccc(S(=O)(=O)COO[PH](=O)O)cc1. The van der Waals surface area contributed by atoms with E-state index in [0.717, 1.165) is 5.56 Å². The predicted molar refractivity (Wildman–Crippen MR) is 56.6 cm³/mol. The lowest BCUT2D eigenvalue weighted by molar-refractivity contribution is -0.188. The van der Waals surface area contributed by atoms with E-state index in [1.54, 1.807) is 12.1 Å². The summed E-state index contributed by atoms with van der Waals surface area (Å²) >= 11 is 0. The molecule has 1 N–H and O–H groups in total. The highest BCUT2D eigenvalue weighted by Gasteiger charge is 2.15. The third kappa shape index (κ3) is 4.03. The minimum atomic E-state index is -3.65. The molecule has 90 valence electrons. The van der Waals surface area contributed by atoms with Gasteiger partial charge in [0.25, 0.3) is 0 Å². The lowest BCUT2D eigenvalue weighted by Gasteiger charge is -2.03. The second-order valence-electron chi connectivity index (χ2n) is 3.01. The quantitative estimate of drug-likeness (QED) is 0.487. The molecule has 16 heavy (non-hydrogen) atoms. The molecule has 0 aliphatic heterocycles. The van der Waals surface area contributed by atoms with Gasteiger partial charge in [-0.2, -0.15) is 4.67 Å². The van der Waals surface area contributed by atoms with E-state index in [1.165, 1.54) is 12.1 Å². The molecule has 0 radical (unpaired) electrons. The molecule has 0 fully saturated rings. The average Bonchev–Trinajstić information content (AvgIpc) is 2.17. The van der Waals surface area contributed by atoms with E-state index in [2.05, 4.69) is 9.56 Å². The lowest BCUT2D eigenvalue weighted by atomic mass is 10.2. The summed E-state index contributed by atoms with van der Waals surface area (Å²) in [5.74, 6) is -0.799. The van der Waals surface area contributed by atoms with Crippen molar-refractivity contribution in [1.82, 2.24) is 0 Å². The zero-order chi connectivity index (χ0) is 12.2. The number of benzene rings is 1. The van der Waals surface area contributed by atoms with E-state index in [9.17, 15) is 13.0 Å². The Hall–Kier alpha value is -0.720. The summed E-state index contributed by atoms with van der Waals surface area (Å²) in [6.07, 6.45) is 0. The fourth-order valence-corrected chi connectivity index (χ4v) is 2.06. The van der Waals surface area contributed by atoms with Crippen LogP contribution in [0.25, 0.3) is 0 Å². The van der Waals surface area contributed by atoms with Gasteiger partial charge < -0.3 is 4.89 Å². The number of sulfone groups is 1. The van der Waals surface area contributed by atoms with Crippen LogP contribution in [0.3, 0.4) is 0 Å². The van der Waals surface area contributed by atoms with Crippen molar-refractivity contribution in [3.63, 3.8) is 0 Å². The van der Waals surface area contributed by atoms with Crippen molar-refractivity contribution in [2.45, 2.75) is 11.8 Å². The van der Waals surface area contributed by atoms with Crippen molar-refractivity contribution >= 4 is 18.1 Å². The van der Waals surface area contributed by atoms with Crippen molar-refractivity contribution in [3.8, 4) is 0 Å². The molecule has 0 amide bonds. The summed E-state index contributed by atoms with van der Waals surface area (Å²) < 4.78 is 37.1. The molecule has 1 rings (SSSR count). The Morgan fingerprint density at radius 2 is 1.88 bits per heavy atom. The topological polar surface area (TPSA) is 89.9 Å². The largest absolute Gasteiger partial charge is 0.344 e. The molecule has 0 aliphatic carbocycles. The van der Waals surface area contributed by atoms with Crippen molar-refractivity contribution in [1.29, 1.82) is 0 Å². The van der Waals surface area contributed by atoms with Gasteiger partial charge >= 0.3 is 8.25 Å². The normalized spacial score (nSPS) is 13.6. The second-order valence-corrected chi connectivity index (χ2v) is 5.65. The van der Waals surface area contributed by atoms with Gasteiger partial charge in [0, 0.05) is 0 Å². The zero-order valence-electron chi connectivity index (χ0n) is 8.41. The van der Waals surface area contributed by atoms with Crippen LogP contribution in [-0.2, 0) is 24.0 Å². The van der Waals surface area contributed by atoms with E-state index in [-0.39, 0.29) is 4.90 Å². The molecule has 1 aromatic carbocycles. The minimum Gasteiger partial charge on any atom is -0.325 e. The summed E-state index contributed by atoms with van der Waals surface area (Å²) in [5.41, 5.74) is 0.927. The molecule has 1 atom stereocenters. The van der Waals surface area contributed by atoms with Gasteiger partial charge in [0.1, 0.15) is 0 Å². The molecule has 1 aromatic rings. The molecule has 1 unspecified atom stereocenters. The van der Waals surface area contributed by atoms with Crippen molar-refractivity contribution in [3.05, 3.63) is 29.8 Å². The predicted octanol–water partition coefficient (Wildman–Crippen LogP) is 1.06. The molecule has 0 saturated heterocycles. The molecule has 0 heterocycles. The van der Waals surface area contributed by atoms with Gasteiger partial charge in [0.15, 0.2) is 5.94 Å². The van der Waals surface area contributed by atoms with Crippen LogP contribution in [0.5, 0.6) is 0 Å². The standard InChI is InChI=1S/C8H11O6PS/c1-7-2-4-8(5-3-7)16(11,12)6-13-14-15(9)10/h2-5,15H,6H2,1H3,(H,9,10). The Kier molecular flexibility index (Phi) is 4.64. The first-order chi connectivity index (χ1) is 7.42. The Morgan fingerprint density at radius 3 is 2.38 bits per heavy atom. The maximum atomic E-state index is 11.5. The summed E-state index contributed by atoms with van der Waals surface area (Å²) in [5, 5.41) is 0. The number of hydrogen-bond donors (Lipinski definition) is 1. The Bertz CT molecular complexity index is 466. The van der Waals surface area contributed by atoms with E-state index in [1.807, 2.05) is 6.92 Å². The monoisotopic (exact) mass is 266 g/mol. The molecule has 0 saturated carbocycles. The van der Waals surface area contributed by atoms with Crippen molar-refractivity contribution in [2.24, 2.45) is 0 Å². The lowest BCUT2D eigenvalue weighted by Crippen LogP contribution is -2.09. The molecule has 0 aromatic heterocycles. The summed E-state index contributed by atoms with van der Waals surface area (Å²) in [7, 11) is -6.94. The Balaban J connectivity index is 2.71. The van der Waals surface area contributed by atoms with Crippen LogP contribution in [0, 0.1) is 6.92 Å². The summed E-state index contributed by atoms with van der Waals surface area (Å²) in [4.78, 5) is 12.5. The van der Waals surface area contributed by atoms with E-state index in [4.69, 9.17) is 4.89 Å². The first kappa shape index (κ1) is 13.3. The zero-order valence-corrected chi connectivity index (χ0v) is 10.2. The highest BCUT2D eigenvalue weighted by atomic mass is 32.2. The van der Waals surface area contributed by atoms with E-state index < -0.39 is 24.0 Å². The molecule has 0 spiro atoms. The third-order valence-electron chi connectivity index (χ3n) is 1.71. The Morgan fingerprint density at radius 1 is 1.31 bits per heavy atom. The minimum absolute atomic E-state index is 0.0688. The van der Waals surface area contributed by atoms with Crippen LogP contribution in [-0.4, -0.2) is 19.3 Å². The first-order valence-corrected chi connectivity index (χ1v) is 7.15. The fraction of sp³-hybridized carbons (Fsp3) is 0.250. The van der Waals surface area contributed by atoms with E-state index >= 15 is 0 Å². The molecular weight excluding hydrogens is 255 g/mol. The molecule has 6 nitrogen and oxygen atoms in total.